The van der Waals surface area contributed by atoms with Gasteiger partial charge in [0.05, 0.1) is 19.2 Å². The molecule has 6 heteroatoms. The minimum Gasteiger partial charge on any atom is -0.493 e. The zero-order valence-electron chi connectivity index (χ0n) is 13.1. The molecule has 0 saturated heterocycles. The topological polar surface area (TPSA) is 79.5 Å². The fourth-order valence-electron chi connectivity index (χ4n) is 2.59. The lowest BCUT2D eigenvalue weighted by atomic mass is 10.0. The number of hydrogen-bond donors (Lipinski definition) is 3. The zero-order chi connectivity index (χ0) is 16.8. The van der Waals surface area contributed by atoms with E-state index in [2.05, 4.69) is 16.0 Å². The van der Waals surface area contributed by atoms with Crippen molar-refractivity contribution >= 4 is 17.6 Å². The van der Waals surface area contributed by atoms with Crippen LogP contribution in [0, 0.1) is 0 Å². The first kappa shape index (κ1) is 15.9. The second-order valence-electron chi connectivity index (χ2n) is 5.47. The standard InChI is InChI=1S/C18H19N3O3/c22-17(12-19-18(23)20-13-6-2-1-3-7-13)21-15-10-11-24-16-9-5-4-8-14(15)16/h1-9,15H,10-12H2,(H,21,22)(H2,19,20,23). The van der Waals surface area contributed by atoms with Crippen LogP contribution < -0.4 is 20.7 Å². The molecule has 124 valence electrons. The van der Waals surface area contributed by atoms with Gasteiger partial charge in [-0.25, -0.2) is 4.79 Å². The maximum absolute atomic E-state index is 12.1. The molecule has 1 unspecified atom stereocenters. The summed E-state index contributed by atoms with van der Waals surface area (Å²) in [5.74, 6) is 0.559. The van der Waals surface area contributed by atoms with Crippen molar-refractivity contribution in [1.82, 2.24) is 10.6 Å². The van der Waals surface area contributed by atoms with Crippen LogP contribution in [0.15, 0.2) is 54.6 Å². The van der Waals surface area contributed by atoms with Crippen LogP contribution in [0.1, 0.15) is 18.0 Å². The number of fused-ring (bicyclic) bond motifs is 1. The van der Waals surface area contributed by atoms with Crippen molar-refractivity contribution in [2.75, 3.05) is 18.5 Å². The quantitative estimate of drug-likeness (QED) is 0.808. The second kappa shape index (κ2) is 7.50. The molecule has 3 N–H and O–H groups in total. The van der Waals surface area contributed by atoms with E-state index < -0.39 is 6.03 Å². The normalized spacial score (nSPS) is 15.6. The van der Waals surface area contributed by atoms with Gasteiger partial charge in [-0.1, -0.05) is 36.4 Å². The highest BCUT2D eigenvalue weighted by atomic mass is 16.5. The van der Waals surface area contributed by atoms with Crippen LogP contribution in [-0.2, 0) is 4.79 Å². The van der Waals surface area contributed by atoms with E-state index in [0.717, 1.165) is 11.3 Å². The average molecular weight is 325 g/mol. The predicted octanol–water partition coefficient (Wildman–Crippen LogP) is 2.45. The average Bonchev–Trinajstić information content (AvgIpc) is 2.61. The van der Waals surface area contributed by atoms with Gasteiger partial charge in [-0.05, 0) is 18.2 Å². The van der Waals surface area contributed by atoms with E-state index in [9.17, 15) is 9.59 Å². The van der Waals surface area contributed by atoms with Crippen LogP contribution in [0.3, 0.4) is 0 Å². The first-order valence-electron chi connectivity index (χ1n) is 7.83. The molecule has 1 heterocycles. The Kier molecular flexibility index (Phi) is 4.96. The molecule has 6 nitrogen and oxygen atoms in total. The molecule has 0 saturated carbocycles. The van der Waals surface area contributed by atoms with E-state index in [4.69, 9.17) is 4.74 Å². The summed E-state index contributed by atoms with van der Waals surface area (Å²) in [7, 11) is 0. The highest BCUT2D eigenvalue weighted by Crippen LogP contribution is 2.31. The zero-order valence-corrected chi connectivity index (χ0v) is 13.1. The van der Waals surface area contributed by atoms with Gasteiger partial charge < -0.3 is 20.7 Å². The van der Waals surface area contributed by atoms with E-state index >= 15 is 0 Å². The third-order valence-corrected chi connectivity index (χ3v) is 3.73. The van der Waals surface area contributed by atoms with Gasteiger partial charge in [-0.3, -0.25) is 4.79 Å². The molecule has 3 rings (SSSR count). The Hall–Kier alpha value is -3.02. The maximum atomic E-state index is 12.1. The van der Waals surface area contributed by atoms with E-state index in [-0.39, 0.29) is 18.5 Å². The number of para-hydroxylation sites is 2. The molecule has 1 atom stereocenters. The fourth-order valence-corrected chi connectivity index (χ4v) is 2.59. The molecule has 2 aromatic carbocycles. The van der Waals surface area contributed by atoms with Crippen molar-refractivity contribution in [3.8, 4) is 5.75 Å². The van der Waals surface area contributed by atoms with Crippen LogP contribution in [0.4, 0.5) is 10.5 Å². The van der Waals surface area contributed by atoms with Gasteiger partial charge in [-0.2, -0.15) is 0 Å². The monoisotopic (exact) mass is 325 g/mol. The maximum Gasteiger partial charge on any atom is 0.319 e. The van der Waals surface area contributed by atoms with Crippen LogP contribution >= 0.6 is 0 Å². The number of anilines is 1. The number of nitrogens with one attached hydrogen (secondary N) is 3. The van der Waals surface area contributed by atoms with Crippen molar-refractivity contribution in [2.24, 2.45) is 0 Å². The van der Waals surface area contributed by atoms with Crippen LogP contribution in [-0.4, -0.2) is 25.1 Å². The summed E-state index contributed by atoms with van der Waals surface area (Å²) in [5, 5.41) is 8.15. The number of rotatable bonds is 4. The second-order valence-corrected chi connectivity index (χ2v) is 5.47. The Balaban J connectivity index is 1.49. The summed E-state index contributed by atoms with van der Waals surface area (Å²) in [5.41, 5.74) is 1.64. The summed E-state index contributed by atoms with van der Waals surface area (Å²) >= 11 is 0. The minimum absolute atomic E-state index is 0.0851. The number of carbonyl (C=O) groups is 2. The molecule has 0 fully saturated rings. The van der Waals surface area contributed by atoms with Crippen molar-refractivity contribution in [2.45, 2.75) is 12.5 Å². The molecule has 0 bridgehead atoms. The predicted molar refractivity (Wildman–Crippen MR) is 90.9 cm³/mol. The lowest BCUT2D eigenvalue weighted by Gasteiger charge is -2.26. The highest BCUT2D eigenvalue weighted by molar-refractivity contribution is 5.92. The number of amides is 3. The smallest absolute Gasteiger partial charge is 0.319 e. The van der Waals surface area contributed by atoms with Crippen molar-refractivity contribution in [3.05, 3.63) is 60.2 Å². The summed E-state index contributed by atoms with van der Waals surface area (Å²) in [6.07, 6.45) is 0.707. The van der Waals surface area contributed by atoms with Crippen LogP contribution in [0.5, 0.6) is 5.75 Å². The molecule has 0 spiro atoms. The fraction of sp³-hybridized carbons (Fsp3) is 0.222. The van der Waals surface area contributed by atoms with Gasteiger partial charge >= 0.3 is 6.03 Å². The largest absolute Gasteiger partial charge is 0.493 e. The molecule has 2 aromatic rings. The lowest BCUT2D eigenvalue weighted by Crippen LogP contribution is -2.41. The Labute approximate surface area is 140 Å². The van der Waals surface area contributed by atoms with Crippen LogP contribution in [0.2, 0.25) is 0 Å². The summed E-state index contributed by atoms with van der Waals surface area (Å²) < 4.78 is 5.57. The number of urea groups is 1. The van der Waals surface area contributed by atoms with E-state index in [0.29, 0.717) is 18.7 Å². The number of ether oxygens (including phenoxy) is 1. The molecular formula is C18H19N3O3. The highest BCUT2D eigenvalue weighted by Gasteiger charge is 2.22. The third-order valence-electron chi connectivity index (χ3n) is 3.73. The minimum atomic E-state index is -0.413. The summed E-state index contributed by atoms with van der Waals surface area (Å²) in [6, 6.07) is 16.2. The van der Waals surface area contributed by atoms with Crippen LogP contribution in [0.25, 0.3) is 0 Å². The third kappa shape index (κ3) is 4.04. The number of carbonyl (C=O) groups excluding carboxylic acids is 2. The van der Waals surface area contributed by atoms with Gasteiger partial charge in [0.15, 0.2) is 0 Å². The molecule has 0 radical (unpaired) electrons. The summed E-state index contributed by atoms with van der Waals surface area (Å²) in [6.45, 7) is 0.474. The van der Waals surface area contributed by atoms with Gasteiger partial charge in [0.2, 0.25) is 5.91 Å². The molecule has 24 heavy (non-hydrogen) atoms. The number of benzene rings is 2. The van der Waals surface area contributed by atoms with E-state index in [1.165, 1.54) is 0 Å². The Morgan fingerprint density at radius 3 is 2.62 bits per heavy atom. The first-order chi connectivity index (χ1) is 11.7. The van der Waals surface area contributed by atoms with Gasteiger partial charge in [-0.15, -0.1) is 0 Å². The lowest BCUT2D eigenvalue weighted by molar-refractivity contribution is -0.121. The van der Waals surface area contributed by atoms with E-state index in [1.54, 1.807) is 12.1 Å². The molecular weight excluding hydrogens is 306 g/mol. The van der Waals surface area contributed by atoms with Gasteiger partial charge in [0, 0.05) is 17.7 Å². The van der Waals surface area contributed by atoms with Gasteiger partial charge in [0.1, 0.15) is 5.75 Å². The number of hydrogen-bond acceptors (Lipinski definition) is 3. The Morgan fingerprint density at radius 1 is 1.04 bits per heavy atom. The molecule has 1 aliphatic rings. The Morgan fingerprint density at radius 2 is 1.79 bits per heavy atom. The Bertz CT molecular complexity index is 718. The van der Waals surface area contributed by atoms with Crippen molar-refractivity contribution in [3.63, 3.8) is 0 Å². The molecule has 1 aliphatic heterocycles. The molecule has 0 aromatic heterocycles. The van der Waals surface area contributed by atoms with Crippen molar-refractivity contribution < 1.29 is 14.3 Å². The molecule has 0 aliphatic carbocycles. The first-order valence-corrected chi connectivity index (χ1v) is 7.83. The summed E-state index contributed by atoms with van der Waals surface area (Å²) in [4.78, 5) is 23.9. The van der Waals surface area contributed by atoms with E-state index in [1.807, 2.05) is 42.5 Å². The van der Waals surface area contributed by atoms with Crippen molar-refractivity contribution in [1.29, 1.82) is 0 Å². The SMILES string of the molecule is O=C(CNC(=O)Nc1ccccc1)NC1CCOc2ccccc21. The molecule has 3 amide bonds. The van der Waals surface area contributed by atoms with Gasteiger partial charge in [0.25, 0.3) is 0 Å².